The Morgan fingerprint density at radius 2 is 1.58 bits per heavy atom. The fraction of sp³-hybridized carbons (Fsp3) is 0.400. The van der Waals surface area contributed by atoms with Crippen LogP contribution in [-0.4, -0.2) is 33.7 Å². The molecule has 2 unspecified atom stereocenters. The molecule has 1 aliphatic heterocycles. The molecule has 1 aliphatic rings. The van der Waals surface area contributed by atoms with E-state index in [1.807, 2.05) is 44.2 Å². The highest BCUT2D eigenvalue weighted by atomic mass is 32.2. The molecule has 1 heterocycles. The summed E-state index contributed by atoms with van der Waals surface area (Å²) in [5.41, 5.74) is 3.66. The summed E-state index contributed by atoms with van der Waals surface area (Å²) in [5, 5.41) is 0. The van der Waals surface area contributed by atoms with Crippen molar-refractivity contribution in [1.29, 1.82) is 0 Å². The largest absolute Gasteiger partial charge is 0.377 e. The molecule has 0 radical (unpaired) electrons. The topological polar surface area (TPSA) is 58.6 Å². The number of aryl methyl sites for hydroxylation is 2. The highest BCUT2D eigenvalue weighted by molar-refractivity contribution is 7.92. The monoisotopic (exact) mass is 374 g/mol. The summed E-state index contributed by atoms with van der Waals surface area (Å²) in [6.07, 6.45) is 0. The maximum Gasteiger partial charge on any atom is 0.261 e. The van der Waals surface area contributed by atoms with Gasteiger partial charge in [-0.15, -0.1) is 0 Å². The average Bonchev–Trinajstić information content (AvgIpc) is 2.58. The van der Waals surface area contributed by atoms with E-state index in [0.717, 1.165) is 16.8 Å². The van der Waals surface area contributed by atoms with Crippen molar-refractivity contribution in [3.63, 3.8) is 0 Å². The number of benzene rings is 2. The Kier molecular flexibility index (Phi) is 5.25. The van der Waals surface area contributed by atoms with Gasteiger partial charge in [0.05, 0.1) is 18.1 Å². The number of hydrogen-bond acceptors (Lipinski definition) is 4. The summed E-state index contributed by atoms with van der Waals surface area (Å²) < 4.78 is 33.5. The molecule has 0 bridgehead atoms. The first-order chi connectivity index (χ1) is 12.3. The van der Waals surface area contributed by atoms with E-state index in [9.17, 15) is 8.42 Å². The summed E-state index contributed by atoms with van der Waals surface area (Å²) in [4.78, 5) is 2.59. The van der Waals surface area contributed by atoms with Gasteiger partial charge in [0.15, 0.2) is 0 Å². The second-order valence-corrected chi connectivity index (χ2v) is 8.72. The van der Waals surface area contributed by atoms with Crippen LogP contribution in [0.15, 0.2) is 47.4 Å². The number of ether oxygens (including phenoxy) is 1. The third-order valence-electron chi connectivity index (χ3n) is 4.87. The maximum absolute atomic E-state index is 12.6. The van der Waals surface area contributed by atoms with Gasteiger partial charge in [-0.25, -0.2) is 8.42 Å². The van der Waals surface area contributed by atoms with Crippen LogP contribution in [0.1, 0.15) is 25.0 Å². The molecule has 0 spiro atoms. The van der Waals surface area contributed by atoms with E-state index in [4.69, 9.17) is 4.74 Å². The van der Waals surface area contributed by atoms with Gasteiger partial charge in [0.25, 0.3) is 10.0 Å². The maximum atomic E-state index is 12.6. The lowest BCUT2D eigenvalue weighted by atomic mass is 10.1. The Balaban J connectivity index is 1.79. The number of sulfonamides is 1. The summed E-state index contributed by atoms with van der Waals surface area (Å²) in [6.45, 7) is 9.54. The van der Waals surface area contributed by atoms with Gasteiger partial charge in [0, 0.05) is 23.5 Å². The third kappa shape index (κ3) is 3.86. The van der Waals surface area contributed by atoms with Gasteiger partial charge >= 0.3 is 0 Å². The van der Waals surface area contributed by atoms with Crippen LogP contribution in [0.2, 0.25) is 0 Å². The van der Waals surface area contributed by atoms with Gasteiger partial charge in [-0.05, 0) is 75.2 Å². The van der Waals surface area contributed by atoms with Crippen LogP contribution in [-0.2, 0) is 14.8 Å². The first-order valence-electron chi connectivity index (χ1n) is 8.84. The SMILES string of the molecule is Cc1ccc(S(=O)(=O)Nc2ccc(N3C(C)COCC3C)cc2)cc1C. The fourth-order valence-electron chi connectivity index (χ4n) is 3.31. The van der Waals surface area contributed by atoms with Crippen molar-refractivity contribution >= 4 is 21.4 Å². The first kappa shape index (κ1) is 18.7. The number of rotatable bonds is 4. The third-order valence-corrected chi connectivity index (χ3v) is 6.25. The van der Waals surface area contributed by atoms with Crippen LogP contribution in [0.5, 0.6) is 0 Å². The molecule has 2 aromatic rings. The van der Waals surface area contributed by atoms with E-state index in [-0.39, 0.29) is 17.0 Å². The van der Waals surface area contributed by atoms with Crippen LogP contribution in [0.4, 0.5) is 11.4 Å². The lowest BCUT2D eigenvalue weighted by Gasteiger charge is -2.40. The molecule has 5 nitrogen and oxygen atoms in total. The van der Waals surface area contributed by atoms with Gasteiger partial charge in [-0.3, -0.25) is 4.72 Å². The second kappa shape index (κ2) is 7.29. The van der Waals surface area contributed by atoms with E-state index < -0.39 is 10.0 Å². The van der Waals surface area contributed by atoms with Gasteiger partial charge in [0.1, 0.15) is 0 Å². The smallest absolute Gasteiger partial charge is 0.261 e. The molecular formula is C20H26N2O3S. The van der Waals surface area contributed by atoms with Gasteiger partial charge < -0.3 is 9.64 Å². The summed E-state index contributed by atoms with van der Waals surface area (Å²) in [7, 11) is -3.60. The highest BCUT2D eigenvalue weighted by Crippen LogP contribution is 2.26. The molecule has 0 aromatic heterocycles. The molecule has 1 fully saturated rings. The predicted octanol–water partition coefficient (Wildman–Crippen LogP) is 3.72. The van der Waals surface area contributed by atoms with Crippen molar-refractivity contribution in [2.45, 2.75) is 44.7 Å². The molecular weight excluding hydrogens is 348 g/mol. The van der Waals surface area contributed by atoms with E-state index in [1.54, 1.807) is 12.1 Å². The number of hydrogen-bond donors (Lipinski definition) is 1. The number of morpholine rings is 1. The number of nitrogens with one attached hydrogen (secondary N) is 1. The van der Waals surface area contributed by atoms with Gasteiger partial charge in [-0.2, -0.15) is 0 Å². The lowest BCUT2D eigenvalue weighted by Crippen LogP contribution is -2.49. The number of anilines is 2. The minimum Gasteiger partial charge on any atom is -0.377 e. The minimum atomic E-state index is -3.60. The van der Waals surface area contributed by atoms with Gasteiger partial charge in [-0.1, -0.05) is 6.07 Å². The van der Waals surface area contributed by atoms with Crippen molar-refractivity contribution < 1.29 is 13.2 Å². The van der Waals surface area contributed by atoms with Crippen LogP contribution in [0.3, 0.4) is 0 Å². The Morgan fingerprint density at radius 3 is 2.15 bits per heavy atom. The Morgan fingerprint density at radius 1 is 0.962 bits per heavy atom. The van der Waals surface area contributed by atoms with Crippen LogP contribution in [0.25, 0.3) is 0 Å². The van der Waals surface area contributed by atoms with Crippen molar-refractivity contribution in [3.8, 4) is 0 Å². The fourth-order valence-corrected chi connectivity index (χ4v) is 4.45. The zero-order valence-corrected chi connectivity index (χ0v) is 16.5. The highest BCUT2D eigenvalue weighted by Gasteiger charge is 2.25. The minimum absolute atomic E-state index is 0.278. The van der Waals surface area contributed by atoms with Crippen LogP contribution >= 0.6 is 0 Å². The van der Waals surface area contributed by atoms with Crippen molar-refractivity contribution in [2.75, 3.05) is 22.8 Å². The molecule has 0 aliphatic carbocycles. The van der Waals surface area contributed by atoms with Crippen molar-refractivity contribution in [3.05, 3.63) is 53.6 Å². The summed E-state index contributed by atoms with van der Waals surface area (Å²) in [6, 6.07) is 13.3. The molecule has 0 amide bonds. The molecule has 1 saturated heterocycles. The van der Waals surface area contributed by atoms with E-state index in [0.29, 0.717) is 18.9 Å². The average molecular weight is 375 g/mol. The summed E-state index contributed by atoms with van der Waals surface area (Å²) in [5.74, 6) is 0. The molecule has 3 rings (SSSR count). The Hall–Kier alpha value is -2.05. The van der Waals surface area contributed by atoms with Gasteiger partial charge in [0.2, 0.25) is 0 Å². The Bertz CT molecular complexity index is 868. The Labute approximate surface area is 156 Å². The van der Waals surface area contributed by atoms with Crippen LogP contribution in [0, 0.1) is 13.8 Å². The van der Waals surface area contributed by atoms with Crippen molar-refractivity contribution in [1.82, 2.24) is 0 Å². The molecule has 140 valence electrons. The standard InChI is InChI=1S/C20H26N2O3S/c1-14-5-10-20(11-15(14)2)26(23,24)21-18-6-8-19(9-7-18)22-16(3)12-25-13-17(22)4/h5-11,16-17,21H,12-13H2,1-4H3. The lowest BCUT2D eigenvalue weighted by molar-refractivity contribution is 0.0757. The van der Waals surface area contributed by atoms with Crippen LogP contribution < -0.4 is 9.62 Å². The normalized spacial score (nSPS) is 20.8. The summed E-state index contributed by atoms with van der Waals surface area (Å²) >= 11 is 0. The predicted molar refractivity (Wildman–Crippen MR) is 105 cm³/mol. The quantitative estimate of drug-likeness (QED) is 0.886. The zero-order valence-electron chi connectivity index (χ0n) is 15.7. The second-order valence-electron chi connectivity index (χ2n) is 7.04. The molecule has 26 heavy (non-hydrogen) atoms. The van der Waals surface area contributed by atoms with E-state index in [1.165, 1.54) is 0 Å². The first-order valence-corrected chi connectivity index (χ1v) is 10.3. The van der Waals surface area contributed by atoms with E-state index in [2.05, 4.69) is 23.5 Å². The zero-order chi connectivity index (χ0) is 18.9. The molecule has 2 atom stereocenters. The molecule has 0 saturated carbocycles. The van der Waals surface area contributed by atoms with E-state index >= 15 is 0 Å². The molecule has 1 N–H and O–H groups in total. The number of nitrogens with zero attached hydrogens (tertiary/aromatic N) is 1. The molecule has 2 aromatic carbocycles. The molecule has 6 heteroatoms. The van der Waals surface area contributed by atoms with Crippen molar-refractivity contribution in [2.24, 2.45) is 0 Å².